The molecular weight excluding hydrogens is 429 g/mol. The molecule has 9 atom stereocenters. The fraction of sp³-hybridized carbons (Fsp3) is 1.00. The van der Waals surface area contributed by atoms with Gasteiger partial charge in [0.25, 0.3) is 0 Å². The van der Waals surface area contributed by atoms with Crippen LogP contribution in [0.5, 0.6) is 0 Å². The lowest BCUT2D eigenvalue weighted by molar-refractivity contribution is 0.183. The summed E-state index contributed by atoms with van der Waals surface area (Å²) in [5.41, 5.74) is 2.32. The van der Waals surface area contributed by atoms with Crippen LogP contribution in [0.25, 0.3) is 0 Å². The van der Waals surface area contributed by atoms with E-state index >= 15 is 0 Å². The molecule has 0 aromatic carbocycles. The number of hydrogen-bond donors (Lipinski definition) is 0. The first kappa shape index (κ1) is 26.5. The zero-order valence-electron chi connectivity index (χ0n) is 23.8. The van der Waals surface area contributed by atoms with Crippen LogP contribution >= 0.6 is 0 Å². The van der Waals surface area contributed by atoms with Crippen molar-refractivity contribution in [3.05, 3.63) is 0 Å². The first-order valence-electron chi connectivity index (χ1n) is 15.7. The Labute approximate surface area is 210 Å². The lowest BCUT2D eigenvalue weighted by Gasteiger charge is -2.51. The maximum atomic E-state index is 2.96. The number of rotatable bonds is 9. The molecule has 9 unspecified atom stereocenters. The van der Waals surface area contributed by atoms with Crippen LogP contribution in [0.3, 0.4) is 0 Å². The predicted molar refractivity (Wildman–Crippen MR) is 153 cm³/mol. The van der Waals surface area contributed by atoms with Crippen molar-refractivity contribution in [3.8, 4) is 0 Å². The van der Waals surface area contributed by atoms with E-state index in [-0.39, 0.29) is 0 Å². The highest BCUT2D eigenvalue weighted by atomic mass is 29.3. The summed E-state index contributed by atoms with van der Waals surface area (Å²) in [7, 11) is -2.55. The van der Waals surface area contributed by atoms with E-state index in [4.69, 9.17) is 0 Å². The highest BCUT2D eigenvalue weighted by Crippen LogP contribution is 2.64. The van der Waals surface area contributed by atoms with Gasteiger partial charge in [0.1, 0.15) is 0 Å². The van der Waals surface area contributed by atoms with Crippen molar-refractivity contribution in [3.63, 3.8) is 0 Å². The molecule has 4 aliphatic carbocycles. The van der Waals surface area contributed by atoms with Crippen molar-refractivity contribution in [1.82, 2.24) is 0 Å². The summed E-state index contributed by atoms with van der Waals surface area (Å²) < 4.78 is 0. The molecule has 0 aromatic heterocycles. The van der Waals surface area contributed by atoms with Gasteiger partial charge in [-0.25, -0.2) is 0 Å². The second-order valence-electron chi connectivity index (χ2n) is 14.7. The molecule has 0 aromatic rings. The summed E-state index contributed by atoms with van der Waals surface area (Å²) in [6.07, 6.45) is 23.2. The third-order valence-electron chi connectivity index (χ3n) is 13.1. The first-order valence-corrected chi connectivity index (χ1v) is 22.9. The Hall–Kier alpha value is 0.434. The van der Waals surface area contributed by atoms with Gasteiger partial charge >= 0.3 is 0 Å². The van der Waals surface area contributed by atoms with Crippen molar-refractivity contribution >= 4 is 15.2 Å². The highest BCUT2D eigenvalue weighted by Gasteiger charge is 2.61. The van der Waals surface area contributed by atoms with Gasteiger partial charge in [-0.1, -0.05) is 118 Å². The Morgan fingerprint density at radius 1 is 0.667 bits per heavy atom. The summed E-state index contributed by atoms with van der Waals surface area (Å²) in [6, 6.07) is 0. The quantitative estimate of drug-likeness (QED) is 0.223. The van der Waals surface area contributed by atoms with Gasteiger partial charge in [0.15, 0.2) is 0 Å². The smallest absolute Gasteiger partial charge is 0.0449 e. The molecule has 0 nitrogen and oxygen atoms in total. The van der Waals surface area contributed by atoms with Gasteiger partial charge in [-0.15, -0.1) is 0 Å². The van der Waals surface area contributed by atoms with Crippen LogP contribution in [-0.4, -0.2) is 15.2 Å². The molecule has 0 saturated heterocycles. The predicted octanol–water partition coefficient (Wildman–Crippen LogP) is 10.5. The van der Waals surface area contributed by atoms with Gasteiger partial charge in [-0.3, -0.25) is 0 Å². The maximum Gasteiger partial charge on any atom is 0.0449 e. The molecule has 0 heterocycles. The van der Waals surface area contributed by atoms with E-state index in [9.17, 15) is 0 Å². The minimum atomic E-state index is -1.28. The SMILES string of the molecule is CCCCCC1CC([Si](C)(C)[Si](C)(C)C2CC(C(C)CC)C3CCCCC32)C2CCCCC12. The summed E-state index contributed by atoms with van der Waals surface area (Å²) in [4.78, 5) is 0. The molecule has 0 amide bonds. The van der Waals surface area contributed by atoms with E-state index in [0.29, 0.717) is 0 Å². The molecular formula is C31H60Si2. The Balaban J connectivity index is 1.57. The topological polar surface area (TPSA) is 0 Å². The normalized spacial score (nSPS) is 40.5. The third kappa shape index (κ3) is 4.88. The van der Waals surface area contributed by atoms with Gasteiger partial charge in [0.2, 0.25) is 0 Å². The van der Waals surface area contributed by atoms with Crippen LogP contribution in [0, 0.1) is 41.4 Å². The van der Waals surface area contributed by atoms with Crippen molar-refractivity contribution in [2.45, 2.75) is 154 Å². The first-order chi connectivity index (χ1) is 15.7. The number of unbranched alkanes of at least 4 members (excludes halogenated alkanes) is 2. The molecule has 4 saturated carbocycles. The summed E-state index contributed by atoms with van der Waals surface area (Å²) >= 11 is 0. The standard InChI is InChI=1S/C31H60Si2/c1-8-10-11-16-24-21-30(27-19-14-12-17-25(24)27)32(4,5)33(6,7)31-22-29(23(3)9-2)26-18-13-15-20-28(26)31/h23-31H,8-22H2,1-7H3. The van der Waals surface area contributed by atoms with Crippen LogP contribution in [0.1, 0.15) is 117 Å². The van der Waals surface area contributed by atoms with Gasteiger partial charge in [-0.05, 0) is 78.2 Å². The highest BCUT2D eigenvalue weighted by molar-refractivity contribution is 7.41. The van der Waals surface area contributed by atoms with Crippen molar-refractivity contribution in [2.75, 3.05) is 0 Å². The Bertz CT molecular complexity index is 624. The molecule has 4 aliphatic rings. The summed E-state index contributed by atoms with van der Waals surface area (Å²) in [6.45, 7) is 19.3. The molecule has 0 spiro atoms. The Kier molecular flexibility index (Phi) is 8.68. The molecule has 0 bridgehead atoms. The largest absolute Gasteiger partial charge is 0.0711 e. The van der Waals surface area contributed by atoms with Crippen LogP contribution in [0.15, 0.2) is 0 Å². The van der Waals surface area contributed by atoms with Crippen molar-refractivity contribution in [1.29, 1.82) is 0 Å². The van der Waals surface area contributed by atoms with Crippen LogP contribution in [0.2, 0.25) is 37.3 Å². The zero-order valence-corrected chi connectivity index (χ0v) is 25.8. The van der Waals surface area contributed by atoms with Crippen LogP contribution < -0.4 is 0 Å². The van der Waals surface area contributed by atoms with Gasteiger partial charge < -0.3 is 0 Å². The lowest BCUT2D eigenvalue weighted by Crippen LogP contribution is -2.62. The molecule has 0 radical (unpaired) electrons. The second-order valence-corrected chi connectivity index (χ2v) is 30.8. The molecule has 4 fully saturated rings. The zero-order chi connectivity index (χ0) is 23.8. The van der Waals surface area contributed by atoms with E-state index in [1.54, 1.807) is 64.2 Å². The van der Waals surface area contributed by atoms with Crippen molar-refractivity contribution in [2.24, 2.45) is 41.4 Å². The number of hydrogen-bond acceptors (Lipinski definition) is 0. The molecule has 2 heteroatoms. The van der Waals surface area contributed by atoms with E-state index in [0.717, 1.165) is 47.0 Å². The van der Waals surface area contributed by atoms with Crippen LogP contribution in [0.4, 0.5) is 0 Å². The molecule has 0 aliphatic heterocycles. The van der Waals surface area contributed by atoms with E-state index in [1.807, 2.05) is 0 Å². The average molecular weight is 489 g/mol. The van der Waals surface area contributed by atoms with Gasteiger partial charge in [0, 0.05) is 15.2 Å². The van der Waals surface area contributed by atoms with E-state index < -0.39 is 15.2 Å². The molecule has 192 valence electrons. The van der Waals surface area contributed by atoms with E-state index in [2.05, 4.69) is 47.0 Å². The monoisotopic (exact) mass is 488 g/mol. The fourth-order valence-electron chi connectivity index (χ4n) is 10.4. The van der Waals surface area contributed by atoms with E-state index in [1.165, 1.54) is 37.6 Å². The lowest BCUT2D eigenvalue weighted by atomic mass is 9.74. The summed E-state index contributed by atoms with van der Waals surface area (Å²) in [5.74, 6) is 7.60. The molecule has 0 N–H and O–H groups in total. The fourth-order valence-corrected chi connectivity index (χ4v) is 24.7. The average Bonchev–Trinajstić information content (AvgIpc) is 3.39. The van der Waals surface area contributed by atoms with Gasteiger partial charge in [-0.2, -0.15) is 0 Å². The number of fused-ring (bicyclic) bond motifs is 2. The van der Waals surface area contributed by atoms with Crippen LogP contribution in [-0.2, 0) is 0 Å². The maximum absolute atomic E-state index is 2.96. The molecule has 4 rings (SSSR count). The minimum Gasteiger partial charge on any atom is -0.0711 e. The second kappa shape index (κ2) is 10.8. The Morgan fingerprint density at radius 2 is 1.18 bits per heavy atom. The minimum absolute atomic E-state index is 0.965. The summed E-state index contributed by atoms with van der Waals surface area (Å²) in [5, 5.41) is 0. The Morgan fingerprint density at radius 3 is 1.76 bits per heavy atom. The van der Waals surface area contributed by atoms with Gasteiger partial charge in [0.05, 0.1) is 0 Å². The molecule has 33 heavy (non-hydrogen) atoms. The third-order valence-corrected chi connectivity index (χ3v) is 33.6. The van der Waals surface area contributed by atoms with Crippen molar-refractivity contribution < 1.29 is 0 Å².